The Labute approximate surface area is 121 Å². The molecular formula is C15H17NO3S. The van der Waals surface area contributed by atoms with E-state index < -0.39 is 11.1 Å². The van der Waals surface area contributed by atoms with Crippen LogP contribution in [-0.4, -0.2) is 17.1 Å². The molecule has 4 nitrogen and oxygen atoms in total. The molecule has 5 heteroatoms. The molecule has 2 aromatic carbocycles. The lowest BCUT2D eigenvalue weighted by Gasteiger charge is -2.07. The highest BCUT2D eigenvalue weighted by Crippen LogP contribution is 2.18. The largest absolute Gasteiger partial charge is 0.493 e. The lowest BCUT2D eigenvalue weighted by Crippen LogP contribution is -2.01. The van der Waals surface area contributed by atoms with E-state index in [4.69, 9.17) is 14.7 Å². The third-order valence-electron chi connectivity index (χ3n) is 2.68. The van der Waals surface area contributed by atoms with Gasteiger partial charge in [-0.25, -0.2) is 4.21 Å². The van der Waals surface area contributed by atoms with Gasteiger partial charge in [0.2, 0.25) is 11.1 Å². The lowest BCUT2D eigenvalue weighted by molar-refractivity contribution is 0.321. The van der Waals surface area contributed by atoms with Gasteiger partial charge in [-0.15, -0.1) is 0 Å². The molecule has 0 saturated carbocycles. The standard InChI is InChI=1S/C15H17NO3S/c1-20(17)19-15-8-6-14(7-9-15)18-11-10-12-2-4-13(16)5-3-12/h2-9H,10-11,16H2,1H3. The summed E-state index contributed by atoms with van der Waals surface area (Å²) in [6.45, 7) is 0.587. The lowest BCUT2D eigenvalue weighted by atomic mass is 10.1. The molecule has 2 N–H and O–H groups in total. The zero-order valence-electron chi connectivity index (χ0n) is 11.2. The Morgan fingerprint density at radius 1 is 1.00 bits per heavy atom. The van der Waals surface area contributed by atoms with Crippen molar-refractivity contribution in [2.75, 3.05) is 18.6 Å². The molecule has 0 aliphatic rings. The number of nitrogen functional groups attached to an aromatic ring is 1. The van der Waals surface area contributed by atoms with Crippen LogP contribution in [0.15, 0.2) is 48.5 Å². The van der Waals surface area contributed by atoms with Gasteiger partial charge < -0.3 is 14.7 Å². The second-order valence-electron chi connectivity index (χ2n) is 4.30. The maximum absolute atomic E-state index is 10.9. The van der Waals surface area contributed by atoms with Crippen molar-refractivity contribution in [3.63, 3.8) is 0 Å². The summed E-state index contributed by atoms with van der Waals surface area (Å²) in [7, 11) is 0. The predicted molar refractivity (Wildman–Crippen MR) is 81.2 cm³/mol. The number of hydrogen-bond acceptors (Lipinski definition) is 4. The molecule has 0 fully saturated rings. The van der Waals surface area contributed by atoms with Gasteiger partial charge >= 0.3 is 0 Å². The maximum atomic E-state index is 10.9. The molecule has 0 saturated heterocycles. The average Bonchev–Trinajstić information content (AvgIpc) is 2.42. The highest BCUT2D eigenvalue weighted by Gasteiger charge is 1.99. The minimum absolute atomic E-state index is 0.566. The van der Waals surface area contributed by atoms with E-state index in [1.165, 1.54) is 11.8 Å². The van der Waals surface area contributed by atoms with E-state index >= 15 is 0 Å². The molecule has 0 radical (unpaired) electrons. The van der Waals surface area contributed by atoms with Gasteiger partial charge in [0.05, 0.1) is 6.61 Å². The van der Waals surface area contributed by atoms with E-state index in [9.17, 15) is 4.21 Å². The molecule has 0 amide bonds. The van der Waals surface area contributed by atoms with Crippen LogP contribution in [0.3, 0.4) is 0 Å². The van der Waals surface area contributed by atoms with Crippen LogP contribution in [0.4, 0.5) is 5.69 Å². The molecule has 20 heavy (non-hydrogen) atoms. The minimum Gasteiger partial charge on any atom is -0.493 e. The SMILES string of the molecule is CS(=O)Oc1ccc(OCCc2ccc(N)cc2)cc1. The normalized spacial score (nSPS) is 11.8. The first-order valence-electron chi connectivity index (χ1n) is 6.22. The number of rotatable bonds is 6. The van der Waals surface area contributed by atoms with Crippen LogP contribution in [0.5, 0.6) is 11.5 Å². The van der Waals surface area contributed by atoms with E-state index in [-0.39, 0.29) is 0 Å². The molecule has 0 spiro atoms. The van der Waals surface area contributed by atoms with Gasteiger partial charge in [0.25, 0.3) is 0 Å². The molecule has 0 aliphatic heterocycles. The average molecular weight is 291 g/mol. The molecule has 1 unspecified atom stereocenters. The zero-order valence-corrected chi connectivity index (χ0v) is 12.1. The van der Waals surface area contributed by atoms with Gasteiger partial charge in [-0.3, -0.25) is 0 Å². The predicted octanol–water partition coefficient (Wildman–Crippen LogP) is 2.56. The van der Waals surface area contributed by atoms with Crippen LogP contribution in [0, 0.1) is 0 Å². The van der Waals surface area contributed by atoms with Crippen LogP contribution in [0.2, 0.25) is 0 Å². The van der Waals surface area contributed by atoms with Crippen molar-refractivity contribution in [3.8, 4) is 11.5 Å². The summed E-state index contributed by atoms with van der Waals surface area (Å²) in [5.74, 6) is 1.33. The molecule has 0 aliphatic carbocycles. The minimum atomic E-state index is -1.31. The van der Waals surface area contributed by atoms with Crippen molar-refractivity contribution in [2.45, 2.75) is 6.42 Å². The van der Waals surface area contributed by atoms with Crippen molar-refractivity contribution < 1.29 is 13.1 Å². The number of ether oxygens (including phenoxy) is 1. The molecule has 2 rings (SSSR count). The van der Waals surface area contributed by atoms with Crippen molar-refractivity contribution in [2.24, 2.45) is 0 Å². The second-order valence-corrected chi connectivity index (χ2v) is 5.27. The van der Waals surface area contributed by atoms with Crippen LogP contribution < -0.4 is 14.7 Å². The summed E-state index contributed by atoms with van der Waals surface area (Å²) < 4.78 is 21.6. The van der Waals surface area contributed by atoms with Gasteiger partial charge in [-0.05, 0) is 42.0 Å². The molecule has 0 bridgehead atoms. The van der Waals surface area contributed by atoms with Crippen LogP contribution in [-0.2, 0) is 17.5 Å². The molecular weight excluding hydrogens is 274 g/mol. The quantitative estimate of drug-likeness (QED) is 0.831. The number of benzene rings is 2. The van der Waals surface area contributed by atoms with Gasteiger partial charge in [0.1, 0.15) is 11.5 Å². The summed E-state index contributed by atoms with van der Waals surface area (Å²) in [4.78, 5) is 0. The first-order chi connectivity index (χ1) is 9.63. The summed E-state index contributed by atoms with van der Waals surface area (Å²) >= 11 is -1.31. The van der Waals surface area contributed by atoms with Crippen molar-refractivity contribution >= 4 is 16.8 Å². The molecule has 106 valence electrons. The number of nitrogens with two attached hydrogens (primary N) is 1. The van der Waals surface area contributed by atoms with E-state index in [1.54, 1.807) is 24.3 Å². The fourth-order valence-electron chi connectivity index (χ4n) is 1.70. The van der Waals surface area contributed by atoms with Gasteiger partial charge in [0.15, 0.2) is 0 Å². The summed E-state index contributed by atoms with van der Waals surface area (Å²) in [5, 5.41) is 0. The summed E-state index contributed by atoms with van der Waals surface area (Å²) in [5.41, 5.74) is 7.57. The molecule has 1 atom stereocenters. The maximum Gasteiger partial charge on any atom is 0.203 e. The van der Waals surface area contributed by atoms with Gasteiger partial charge in [-0.1, -0.05) is 12.1 Å². The monoisotopic (exact) mass is 291 g/mol. The summed E-state index contributed by atoms with van der Waals surface area (Å²) in [6, 6.07) is 14.8. The van der Waals surface area contributed by atoms with Crippen LogP contribution in [0.25, 0.3) is 0 Å². The van der Waals surface area contributed by atoms with Crippen molar-refractivity contribution in [1.29, 1.82) is 0 Å². The van der Waals surface area contributed by atoms with Gasteiger partial charge in [-0.2, -0.15) is 0 Å². The Morgan fingerprint density at radius 3 is 2.20 bits per heavy atom. The van der Waals surface area contributed by atoms with Gasteiger partial charge in [0, 0.05) is 18.4 Å². The van der Waals surface area contributed by atoms with E-state index in [1.807, 2.05) is 24.3 Å². The molecule has 0 heterocycles. The highest BCUT2D eigenvalue weighted by atomic mass is 32.2. The number of anilines is 1. The molecule has 2 aromatic rings. The third-order valence-corrected chi connectivity index (χ3v) is 3.10. The number of hydrogen-bond donors (Lipinski definition) is 1. The first-order valence-corrected chi connectivity index (χ1v) is 7.71. The Morgan fingerprint density at radius 2 is 1.60 bits per heavy atom. The van der Waals surface area contributed by atoms with E-state index in [2.05, 4.69) is 0 Å². The first kappa shape index (κ1) is 14.4. The Hall–Kier alpha value is -2.01. The summed E-state index contributed by atoms with van der Waals surface area (Å²) in [6.07, 6.45) is 2.30. The molecule has 0 aromatic heterocycles. The van der Waals surface area contributed by atoms with Crippen LogP contribution in [0.1, 0.15) is 5.56 Å². The fraction of sp³-hybridized carbons (Fsp3) is 0.200. The van der Waals surface area contributed by atoms with Crippen molar-refractivity contribution in [1.82, 2.24) is 0 Å². The smallest absolute Gasteiger partial charge is 0.203 e. The second kappa shape index (κ2) is 6.96. The van der Waals surface area contributed by atoms with E-state index in [0.29, 0.717) is 12.4 Å². The Kier molecular flexibility index (Phi) is 5.01. The third kappa shape index (κ3) is 4.59. The fourth-order valence-corrected chi connectivity index (χ4v) is 2.08. The van der Waals surface area contributed by atoms with Crippen molar-refractivity contribution in [3.05, 3.63) is 54.1 Å². The van der Waals surface area contributed by atoms with Crippen LogP contribution >= 0.6 is 0 Å². The Bertz CT molecular complexity index is 567. The topological polar surface area (TPSA) is 61.5 Å². The van der Waals surface area contributed by atoms with E-state index in [0.717, 1.165) is 17.9 Å². The Balaban J connectivity index is 1.82. The zero-order chi connectivity index (χ0) is 14.4. The highest BCUT2D eigenvalue weighted by molar-refractivity contribution is 7.79.